The van der Waals surface area contributed by atoms with E-state index in [0.717, 1.165) is 18.3 Å². The van der Waals surface area contributed by atoms with E-state index < -0.39 is 38.2 Å². The first-order chi connectivity index (χ1) is 18.2. The van der Waals surface area contributed by atoms with E-state index in [0.29, 0.717) is 16.5 Å². The molecule has 2 aromatic heterocycles. The first-order valence-electron chi connectivity index (χ1n) is 11.2. The van der Waals surface area contributed by atoms with E-state index in [4.69, 9.17) is 16.0 Å². The summed E-state index contributed by atoms with van der Waals surface area (Å²) in [6, 6.07) is 19.9. The molecule has 0 aliphatic carbocycles. The average molecular weight is 550 g/mol. The minimum Gasteiger partial charge on any atom is -0.450 e. The molecule has 0 aliphatic heterocycles. The molecule has 0 radical (unpaired) electrons. The van der Waals surface area contributed by atoms with E-state index in [2.05, 4.69) is 15.3 Å². The summed E-state index contributed by atoms with van der Waals surface area (Å²) >= 11 is 6.17. The van der Waals surface area contributed by atoms with Crippen molar-refractivity contribution in [2.24, 2.45) is 0 Å². The van der Waals surface area contributed by atoms with E-state index in [1.165, 1.54) is 12.1 Å². The average Bonchev–Trinajstić information content (AvgIpc) is 3.27. The fourth-order valence-corrected chi connectivity index (χ4v) is 5.13. The molecule has 5 rings (SSSR count). The predicted octanol–water partition coefficient (Wildman–Crippen LogP) is 5.47. The van der Waals surface area contributed by atoms with Crippen molar-refractivity contribution >= 4 is 49.8 Å². The van der Waals surface area contributed by atoms with Gasteiger partial charge in [0.1, 0.15) is 11.4 Å². The summed E-state index contributed by atoms with van der Waals surface area (Å²) in [7, 11) is -4.01. The van der Waals surface area contributed by atoms with Crippen LogP contribution in [0.15, 0.2) is 94.6 Å². The van der Waals surface area contributed by atoms with Crippen molar-refractivity contribution in [3.05, 3.63) is 118 Å². The number of sulfone groups is 1. The smallest absolute Gasteiger partial charge is 0.276 e. The maximum atomic E-state index is 13.4. The molecular weight excluding hydrogens is 533 g/mol. The van der Waals surface area contributed by atoms with Gasteiger partial charge in [-0.25, -0.2) is 22.8 Å². The number of nitrogens with zero attached hydrogens (tertiary/aromatic N) is 2. The third-order valence-corrected chi connectivity index (χ3v) is 7.30. The van der Waals surface area contributed by atoms with E-state index in [1.54, 1.807) is 54.6 Å². The Bertz CT molecular complexity index is 1790. The number of benzene rings is 3. The third kappa shape index (κ3) is 5.04. The van der Waals surface area contributed by atoms with Crippen molar-refractivity contribution < 1.29 is 26.8 Å². The second-order valence-electron chi connectivity index (χ2n) is 8.19. The Balaban J connectivity index is 1.51. The quantitative estimate of drug-likeness (QED) is 0.211. The van der Waals surface area contributed by atoms with Crippen LogP contribution in [0.4, 0.5) is 10.1 Å². The topological polar surface area (TPSA) is 119 Å². The standard InChI is InChI=1S/C27H17ClFN3O5S/c28-20-14-30-27(38(35,36)15-16-6-2-1-3-7-16)32-23(20)26(34)31-22-19-8-4-5-9-21(19)37-25(22)24(33)17-10-12-18(29)13-11-17/h1-14H,15H2,(H,31,34). The van der Waals surface area contributed by atoms with Crippen molar-refractivity contribution in [1.29, 1.82) is 0 Å². The van der Waals surface area contributed by atoms with E-state index >= 15 is 0 Å². The number of para-hydroxylation sites is 1. The lowest BCUT2D eigenvalue weighted by Crippen LogP contribution is -2.19. The Morgan fingerprint density at radius 3 is 2.37 bits per heavy atom. The highest BCUT2D eigenvalue weighted by Crippen LogP contribution is 2.33. The highest BCUT2D eigenvalue weighted by molar-refractivity contribution is 7.90. The maximum Gasteiger partial charge on any atom is 0.276 e. The Morgan fingerprint density at radius 2 is 1.63 bits per heavy atom. The van der Waals surface area contributed by atoms with Crippen molar-refractivity contribution in [1.82, 2.24) is 9.97 Å². The molecule has 3 aromatic carbocycles. The molecule has 1 amide bonds. The largest absolute Gasteiger partial charge is 0.450 e. The molecule has 1 N–H and O–H groups in total. The van der Waals surface area contributed by atoms with Crippen molar-refractivity contribution in [3.8, 4) is 0 Å². The molecule has 0 atom stereocenters. The minimum absolute atomic E-state index is 0.0308. The number of anilines is 1. The number of aromatic nitrogens is 2. The van der Waals surface area contributed by atoms with Crippen LogP contribution in [0, 0.1) is 5.82 Å². The molecule has 0 saturated carbocycles. The summed E-state index contributed by atoms with van der Waals surface area (Å²) in [5.74, 6) is -2.58. The van der Waals surface area contributed by atoms with Gasteiger partial charge in [0.2, 0.25) is 20.8 Å². The molecule has 2 heterocycles. The summed E-state index contributed by atoms with van der Waals surface area (Å²) in [5, 5.41) is 2.23. The Labute approximate surface area is 221 Å². The summed E-state index contributed by atoms with van der Waals surface area (Å²) in [6.45, 7) is 0. The molecule has 8 nitrogen and oxygen atoms in total. The highest BCUT2D eigenvalue weighted by atomic mass is 35.5. The van der Waals surface area contributed by atoms with Crippen molar-refractivity contribution in [3.63, 3.8) is 0 Å². The lowest BCUT2D eigenvalue weighted by atomic mass is 10.1. The van der Waals surface area contributed by atoms with Crippen LogP contribution in [-0.2, 0) is 15.6 Å². The number of ketones is 1. The third-order valence-electron chi connectivity index (χ3n) is 5.56. The van der Waals surface area contributed by atoms with Gasteiger partial charge in [-0.1, -0.05) is 54.1 Å². The minimum atomic E-state index is -4.01. The maximum absolute atomic E-state index is 13.4. The Hall–Kier alpha value is -4.41. The van der Waals surface area contributed by atoms with Crippen molar-refractivity contribution in [2.45, 2.75) is 10.9 Å². The number of carbonyl (C=O) groups excluding carboxylic acids is 2. The summed E-state index contributed by atoms with van der Waals surface area (Å²) in [5.41, 5.74) is 0.594. The van der Waals surface area contributed by atoms with Crippen LogP contribution < -0.4 is 5.32 Å². The number of halogens is 2. The molecule has 0 bridgehead atoms. The van der Waals surface area contributed by atoms with Gasteiger partial charge in [0, 0.05) is 10.9 Å². The number of amides is 1. The molecule has 0 spiro atoms. The zero-order valence-corrected chi connectivity index (χ0v) is 21.0. The molecule has 11 heteroatoms. The van der Waals surface area contributed by atoms with Crippen LogP contribution in [0.1, 0.15) is 32.2 Å². The Kier molecular flexibility index (Phi) is 6.75. The second kappa shape index (κ2) is 10.2. The molecule has 190 valence electrons. The van der Waals surface area contributed by atoms with E-state index in [1.807, 2.05) is 0 Å². The summed E-state index contributed by atoms with van der Waals surface area (Å²) in [4.78, 5) is 34.2. The first-order valence-corrected chi connectivity index (χ1v) is 13.2. The van der Waals surface area contributed by atoms with Gasteiger partial charge < -0.3 is 9.73 Å². The monoisotopic (exact) mass is 549 g/mol. The van der Waals surface area contributed by atoms with Gasteiger partial charge in [-0.2, -0.15) is 0 Å². The van der Waals surface area contributed by atoms with Gasteiger partial charge in [-0.05, 0) is 42.0 Å². The zero-order chi connectivity index (χ0) is 26.9. The fraction of sp³-hybridized carbons (Fsp3) is 0.0370. The van der Waals surface area contributed by atoms with Crippen LogP contribution in [0.25, 0.3) is 11.0 Å². The van der Waals surface area contributed by atoms with Crippen LogP contribution in [0.3, 0.4) is 0 Å². The Morgan fingerprint density at radius 1 is 0.947 bits per heavy atom. The lowest BCUT2D eigenvalue weighted by Gasteiger charge is -2.09. The summed E-state index contributed by atoms with van der Waals surface area (Å²) in [6.07, 6.45) is 1.03. The second-order valence-corrected chi connectivity index (χ2v) is 10.5. The predicted molar refractivity (Wildman–Crippen MR) is 138 cm³/mol. The number of rotatable bonds is 7. The van der Waals surface area contributed by atoms with Gasteiger partial charge in [0.25, 0.3) is 5.91 Å². The van der Waals surface area contributed by atoms with Gasteiger partial charge >= 0.3 is 0 Å². The summed E-state index contributed by atoms with van der Waals surface area (Å²) < 4.78 is 44.9. The fourth-order valence-electron chi connectivity index (χ4n) is 3.75. The zero-order valence-electron chi connectivity index (χ0n) is 19.4. The molecule has 38 heavy (non-hydrogen) atoms. The SMILES string of the molecule is O=C(Nc1c(C(=O)c2ccc(F)cc2)oc2ccccc12)c1nc(S(=O)(=O)Cc2ccccc2)ncc1Cl. The van der Waals surface area contributed by atoms with Gasteiger partial charge in [0.05, 0.1) is 22.7 Å². The molecular formula is C27H17ClFN3O5S. The van der Waals surface area contributed by atoms with Crippen LogP contribution >= 0.6 is 11.6 Å². The highest BCUT2D eigenvalue weighted by Gasteiger charge is 2.27. The van der Waals surface area contributed by atoms with Gasteiger partial charge in [-0.3, -0.25) is 9.59 Å². The molecule has 0 saturated heterocycles. The van der Waals surface area contributed by atoms with Crippen LogP contribution in [0.5, 0.6) is 0 Å². The first kappa shape index (κ1) is 25.2. The number of hydrogen-bond acceptors (Lipinski definition) is 7. The molecule has 0 unspecified atom stereocenters. The van der Waals surface area contributed by atoms with E-state index in [-0.39, 0.29) is 27.8 Å². The number of nitrogens with one attached hydrogen (secondary N) is 1. The van der Waals surface area contributed by atoms with Crippen molar-refractivity contribution in [2.75, 3.05) is 5.32 Å². The number of carbonyl (C=O) groups is 2. The number of hydrogen-bond donors (Lipinski definition) is 1. The lowest BCUT2D eigenvalue weighted by molar-refractivity contribution is 0.101. The molecule has 0 fully saturated rings. The van der Waals surface area contributed by atoms with Crippen LogP contribution in [0.2, 0.25) is 5.02 Å². The van der Waals surface area contributed by atoms with E-state index in [9.17, 15) is 22.4 Å². The van der Waals surface area contributed by atoms with Gasteiger partial charge in [0.15, 0.2) is 11.5 Å². The number of furan rings is 1. The normalized spacial score (nSPS) is 11.4. The molecule has 5 aromatic rings. The number of fused-ring (bicyclic) bond motifs is 1. The van der Waals surface area contributed by atoms with Gasteiger partial charge in [-0.15, -0.1) is 0 Å². The molecule has 0 aliphatic rings. The van der Waals surface area contributed by atoms with Crippen LogP contribution in [-0.4, -0.2) is 30.1 Å².